The van der Waals surface area contributed by atoms with Gasteiger partial charge < -0.3 is 15.0 Å². The number of alkyl halides is 3. The van der Waals surface area contributed by atoms with Crippen LogP contribution in [0.2, 0.25) is 0 Å². The Labute approximate surface area is 211 Å². The van der Waals surface area contributed by atoms with E-state index in [4.69, 9.17) is 4.74 Å². The molecule has 1 N–H and O–H groups in total. The van der Waals surface area contributed by atoms with Crippen molar-refractivity contribution in [3.63, 3.8) is 0 Å². The van der Waals surface area contributed by atoms with Gasteiger partial charge >= 0.3 is 6.18 Å². The summed E-state index contributed by atoms with van der Waals surface area (Å²) < 4.78 is 44.6. The van der Waals surface area contributed by atoms with Crippen molar-refractivity contribution in [2.24, 2.45) is 0 Å². The number of morpholine rings is 1. The Kier molecular flexibility index (Phi) is 6.32. The van der Waals surface area contributed by atoms with E-state index in [9.17, 15) is 22.8 Å². The van der Waals surface area contributed by atoms with Crippen LogP contribution in [0.3, 0.4) is 0 Å². The summed E-state index contributed by atoms with van der Waals surface area (Å²) in [6.07, 6.45) is -2.01. The SMILES string of the molecule is CCN1C(=O)[C@@H]2COCCN2c2cc(-c3cc(NC(=O)c4ccnc(C(F)(F)F)c4)ccc3C)cnc21. The number of carbonyl (C=O) groups is 2. The van der Waals surface area contributed by atoms with Crippen molar-refractivity contribution in [2.45, 2.75) is 26.1 Å². The summed E-state index contributed by atoms with van der Waals surface area (Å²) in [5.74, 6) is -0.130. The van der Waals surface area contributed by atoms with Gasteiger partial charge in [0.25, 0.3) is 11.8 Å². The first-order valence-corrected chi connectivity index (χ1v) is 11.8. The number of pyridine rings is 2. The molecule has 8 nitrogen and oxygen atoms in total. The molecule has 192 valence electrons. The Morgan fingerprint density at radius 1 is 1.19 bits per heavy atom. The van der Waals surface area contributed by atoms with Crippen LogP contribution in [0.5, 0.6) is 0 Å². The second-order valence-electron chi connectivity index (χ2n) is 8.84. The Morgan fingerprint density at radius 2 is 2.00 bits per heavy atom. The Hall–Kier alpha value is -3.99. The van der Waals surface area contributed by atoms with Crippen LogP contribution in [0.25, 0.3) is 11.1 Å². The highest BCUT2D eigenvalue weighted by atomic mass is 19.4. The highest BCUT2D eigenvalue weighted by Gasteiger charge is 2.40. The number of anilines is 3. The van der Waals surface area contributed by atoms with Gasteiger partial charge in [0.2, 0.25) is 0 Å². The van der Waals surface area contributed by atoms with Gasteiger partial charge in [0, 0.05) is 42.3 Å². The average Bonchev–Trinajstić information content (AvgIpc) is 2.89. The number of halogens is 3. The first kappa shape index (κ1) is 24.7. The number of carbonyl (C=O) groups excluding carboxylic acids is 2. The van der Waals surface area contributed by atoms with Crippen LogP contribution in [0.4, 0.5) is 30.4 Å². The van der Waals surface area contributed by atoms with Crippen LogP contribution >= 0.6 is 0 Å². The molecule has 0 spiro atoms. The summed E-state index contributed by atoms with van der Waals surface area (Å²) in [7, 11) is 0. The van der Waals surface area contributed by atoms with Crippen molar-refractivity contribution in [3.05, 3.63) is 65.6 Å². The van der Waals surface area contributed by atoms with Gasteiger partial charge in [0.15, 0.2) is 5.82 Å². The summed E-state index contributed by atoms with van der Waals surface area (Å²) in [6, 6.07) is 8.77. The minimum atomic E-state index is -4.65. The number of fused-ring (bicyclic) bond motifs is 3. The average molecular weight is 512 g/mol. The van der Waals surface area contributed by atoms with E-state index in [0.29, 0.717) is 37.8 Å². The summed E-state index contributed by atoms with van der Waals surface area (Å²) in [5, 5.41) is 2.67. The molecule has 0 saturated carbocycles. The third-order valence-electron chi connectivity index (χ3n) is 6.53. The van der Waals surface area contributed by atoms with Gasteiger partial charge in [-0.1, -0.05) is 6.07 Å². The van der Waals surface area contributed by atoms with Gasteiger partial charge in [0.1, 0.15) is 11.7 Å². The first-order chi connectivity index (χ1) is 17.7. The number of benzene rings is 1. The molecule has 0 aliphatic carbocycles. The van der Waals surface area contributed by atoms with Gasteiger partial charge in [0.05, 0.1) is 18.9 Å². The first-order valence-electron chi connectivity index (χ1n) is 11.8. The van der Waals surface area contributed by atoms with Crippen molar-refractivity contribution in [1.82, 2.24) is 9.97 Å². The van der Waals surface area contributed by atoms with Crippen molar-refractivity contribution in [3.8, 4) is 11.1 Å². The fourth-order valence-electron chi connectivity index (χ4n) is 4.64. The smallest absolute Gasteiger partial charge is 0.377 e. The number of aromatic nitrogens is 2. The zero-order chi connectivity index (χ0) is 26.3. The van der Waals surface area contributed by atoms with Crippen LogP contribution < -0.4 is 15.1 Å². The molecule has 0 bridgehead atoms. The lowest BCUT2D eigenvalue weighted by Gasteiger charge is -2.44. The predicted octanol–water partition coefficient (Wildman–Crippen LogP) is 4.29. The molecule has 4 heterocycles. The van der Waals surface area contributed by atoms with E-state index in [1.807, 2.05) is 30.9 Å². The fourth-order valence-corrected chi connectivity index (χ4v) is 4.64. The third-order valence-corrected chi connectivity index (χ3v) is 6.53. The number of amides is 2. The molecule has 0 radical (unpaired) electrons. The number of rotatable bonds is 4. The third kappa shape index (κ3) is 4.62. The molecule has 2 amide bonds. The van der Waals surface area contributed by atoms with Crippen molar-refractivity contribution >= 4 is 29.0 Å². The second-order valence-corrected chi connectivity index (χ2v) is 8.84. The van der Waals surface area contributed by atoms with E-state index in [0.717, 1.165) is 34.6 Å². The monoisotopic (exact) mass is 511 g/mol. The number of aryl methyl sites for hydroxylation is 1. The topological polar surface area (TPSA) is 87.7 Å². The van der Waals surface area contributed by atoms with Gasteiger partial charge in [-0.3, -0.25) is 19.5 Å². The fraction of sp³-hybridized carbons (Fsp3) is 0.308. The quantitative estimate of drug-likeness (QED) is 0.562. The van der Waals surface area contributed by atoms with E-state index >= 15 is 0 Å². The highest BCUT2D eigenvalue weighted by Crippen LogP contribution is 2.39. The molecule has 2 aliphatic rings. The zero-order valence-corrected chi connectivity index (χ0v) is 20.2. The molecule has 3 aromatic rings. The van der Waals surface area contributed by atoms with E-state index < -0.39 is 23.8 Å². The standard InChI is InChI=1S/C26H24F3N5O3/c1-3-33-23-20(34-8-9-37-14-21(34)25(33)36)10-17(13-31-23)19-12-18(5-4-15(19)2)32-24(35)16-6-7-30-22(11-16)26(27,28)29/h4-7,10-13,21H,3,8-9,14H2,1-2H3,(H,32,35)/t21-/m0/s1. The zero-order valence-electron chi connectivity index (χ0n) is 20.2. The molecule has 1 atom stereocenters. The molecular formula is C26H24F3N5O3. The molecule has 1 aromatic carbocycles. The minimum Gasteiger partial charge on any atom is -0.377 e. The van der Waals surface area contributed by atoms with Gasteiger partial charge in [-0.25, -0.2) is 4.98 Å². The molecule has 37 heavy (non-hydrogen) atoms. The summed E-state index contributed by atoms with van der Waals surface area (Å²) >= 11 is 0. The maximum absolute atomic E-state index is 13.0. The molecule has 2 aromatic heterocycles. The van der Waals surface area contributed by atoms with E-state index in [1.54, 1.807) is 23.2 Å². The predicted molar refractivity (Wildman–Crippen MR) is 132 cm³/mol. The van der Waals surface area contributed by atoms with Crippen LogP contribution in [-0.4, -0.2) is 54.1 Å². The minimum absolute atomic E-state index is 0.0411. The lowest BCUT2D eigenvalue weighted by atomic mass is 9.99. The highest BCUT2D eigenvalue weighted by molar-refractivity contribution is 6.06. The maximum Gasteiger partial charge on any atom is 0.433 e. The van der Waals surface area contributed by atoms with E-state index in [1.165, 1.54) is 6.07 Å². The van der Waals surface area contributed by atoms with Gasteiger partial charge in [-0.05, 0) is 55.3 Å². The van der Waals surface area contributed by atoms with Crippen LogP contribution in [-0.2, 0) is 15.7 Å². The Bertz CT molecular complexity index is 1380. The van der Waals surface area contributed by atoms with Gasteiger partial charge in [-0.15, -0.1) is 0 Å². The molecule has 11 heteroatoms. The summed E-state index contributed by atoms with van der Waals surface area (Å²) in [6.45, 7) is 5.67. The van der Waals surface area contributed by atoms with Gasteiger partial charge in [-0.2, -0.15) is 13.2 Å². The number of hydrogen-bond donors (Lipinski definition) is 1. The molecular weight excluding hydrogens is 487 g/mol. The molecule has 1 fully saturated rings. The van der Waals surface area contributed by atoms with Crippen LogP contribution in [0, 0.1) is 6.92 Å². The summed E-state index contributed by atoms with van der Waals surface area (Å²) in [4.78, 5) is 37.3. The largest absolute Gasteiger partial charge is 0.433 e. The molecule has 1 saturated heterocycles. The Morgan fingerprint density at radius 3 is 2.76 bits per heavy atom. The lowest BCUT2D eigenvalue weighted by Crippen LogP contribution is -2.59. The maximum atomic E-state index is 13.0. The van der Waals surface area contributed by atoms with Crippen LogP contribution in [0.1, 0.15) is 28.5 Å². The lowest BCUT2D eigenvalue weighted by molar-refractivity contribution is -0.141. The molecule has 5 rings (SSSR count). The van der Waals surface area contributed by atoms with Crippen molar-refractivity contribution in [2.75, 3.05) is 41.4 Å². The van der Waals surface area contributed by atoms with Crippen molar-refractivity contribution < 1.29 is 27.5 Å². The summed E-state index contributed by atoms with van der Waals surface area (Å²) in [5.41, 5.74) is 2.46. The Balaban J connectivity index is 1.47. The van der Waals surface area contributed by atoms with E-state index in [-0.39, 0.29) is 11.5 Å². The molecule has 0 unspecified atom stereocenters. The normalized spacial score (nSPS) is 17.3. The number of ether oxygens (including phenoxy) is 1. The molecule has 2 aliphatic heterocycles. The second kappa shape index (κ2) is 9.47. The number of hydrogen-bond acceptors (Lipinski definition) is 6. The van der Waals surface area contributed by atoms with Crippen molar-refractivity contribution in [1.29, 1.82) is 0 Å². The number of likely N-dealkylation sites (N-methyl/N-ethyl adjacent to an activating group) is 1. The van der Waals surface area contributed by atoms with E-state index in [2.05, 4.69) is 15.3 Å². The number of nitrogens with zero attached hydrogens (tertiary/aromatic N) is 4. The number of nitrogens with one attached hydrogen (secondary N) is 1. The van der Waals surface area contributed by atoms with Crippen LogP contribution in [0.15, 0.2) is 48.8 Å².